The number of halogens is 1. The Balaban J connectivity index is 2.15. The molecule has 1 aliphatic rings. The molecule has 2 aromatic rings. The van der Waals surface area contributed by atoms with Crippen LogP contribution in [0, 0.1) is 0 Å². The topological polar surface area (TPSA) is 77.1 Å². The molecule has 1 unspecified atom stereocenters. The number of nitrogens with zero attached hydrogens (tertiary/aromatic N) is 3. The normalized spacial score (nSPS) is 15.7. The number of carboxylic acids is 1. The zero-order chi connectivity index (χ0) is 15.9. The third-order valence-electron chi connectivity index (χ3n) is 3.81. The van der Waals surface area contributed by atoms with Gasteiger partial charge >= 0.3 is 11.7 Å². The van der Waals surface area contributed by atoms with Crippen molar-refractivity contribution in [2.75, 3.05) is 0 Å². The summed E-state index contributed by atoms with van der Waals surface area (Å²) in [4.78, 5) is 23.9. The monoisotopic (exact) mass is 321 g/mol. The maximum Gasteiger partial charge on any atom is 0.347 e. The van der Waals surface area contributed by atoms with Crippen LogP contribution in [0.3, 0.4) is 0 Å². The van der Waals surface area contributed by atoms with Gasteiger partial charge in [0, 0.05) is 16.6 Å². The molecule has 1 aromatic heterocycles. The van der Waals surface area contributed by atoms with Gasteiger partial charge in [-0.25, -0.2) is 9.59 Å². The second-order valence-electron chi connectivity index (χ2n) is 5.42. The van der Waals surface area contributed by atoms with E-state index in [9.17, 15) is 14.7 Å². The smallest absolute Gasteiger partial charge is 0.347 e. The average Bonchev–Trinajstić information content (AvgIpc) is 3.26. The van der Waals surface area contributed by atoms with E-state index in [1.54, 1.807) is 35.8 Å². The molecule has 1 saturated carbocycles. The highest BCUT2D eigenvalue weighted by Crippen LogP contribution is 2.36. The molecule has 7 heteroatoms. The second kappa shape index (κ2) is 5.61. The summed E-state index contributed by atoms with van der Waals surface area (Å²) >= 11 is 5.89. The molecule has 1 N–H and O–H groups in total. The van der Waals surface area contributed by atoms with Gasteiger partial charge in [0.05, 0.1) is 0 Å². The van der Waals surface area contributed by atoms with E-state index in [-0.39, 0.29) is 11.7 Å². The van der Waals surface area contributed by atoms with E-state index < -0.39 is 12.0 Å². The van der Waals surface area contributed by atoms with Gasteiger partial charge in [-0.05, 0) is 43.5 Å². The number of hydrogen-bond acceptors (Lipinski definition) is 3. The Bertz CT molecular complexity index is 759. The number of hydrogen-bond donors (Lipinski definition) is 1. The van der Waals surface area contributed by atoms with Crippen molar-refractivity contribution in [1.29, 1.82) is 0 Å². The number of aliphatic carboxylic acids is 1. The van der Waals surface area contributed by atoms with Gasteiger partial charge in [0.1, 0.15) is 0 Å². The lowest BCUT2D eigenvalue weighted by atomic mass is 10.2. The third-order valence-corrected chi connectivity index (χ3v) is 4.07. The summed E-state index contributed by atoms with van der Waals surface area (Å²) in [6, 6.07) is 6.19. The average molecular weight is 322 g/mol. The van der Waals surface area contributed by atoms with Crippen molar-refractivity contribution in [3.05, 3.63) is 39.8 Å². The van der Waals surface area contributed by atoms with Crippen LogP contribution >= 0.6 is 11.6 Å². The summed E-state index contributed by atoms with van der Waals surface area (Å²) in [7, 11) is 0. The lowest BCUT2D eigenvalue weighted by Gasteiger charge is -2.07. The first-order valence-electron chi connectivity index (χ1n) is 7.22. The summed E-state index contributed by atoms with van der Waals surface area (Å²) in [5.74, 6) is -0.545. The minimum atomic E-state index is -1.05. The standard InChI is InChI=1S/C15H16ClN3O3/c1-2-12(14(20)21)19-15(22)18(11-7-8-11)13(17-19)9-3-5-10(16)6-4-9/h3-6,11-12H,2,7-8H2,1H3,(H,20,21). The highest BCUT2D eigenvalue weighted by molar-refractivity contribution is 6.30. The van der Waals surface area contributed by atoms with E-state index in [1.165, 1.54) is 0 Å². The Morgan fingerprint density at radius 2 is 2.05 bits per heavy atom. The molecule has 1 fully saturated rings. The van der Waals surface area contributed by atoms with Crippen LogP contribution in [0.5, 0.6) is 0 Å². The van der Waals surface area contributed by atoms with E-state index in [4.69, 9.17) is 11.6 Å². The van der Waals surface area contributed by atoms with Gasteiger partial charge in [0.15, 0.2) is 11.9 Å². The van der Waals surface area contributed by atoms with Gasteiger partial charge in [-0.15, -0.1) is 5.10 Å². The van der Waals surface area contributed by atoms with Crippen molar-refractivity contribution >= 4 is 17.6 Å². The molecular formula is C15H16ClN3O3. The van der Waals surface area contributed by atoms with Crippen LogP contribution in [0.15, 0.2) is 29.1 Å². The number of carboxylic acid groups (broad SMARTS) is 1. The number of rotatable bonds is 5. The molecule has 1 aliphatic carbocycles. The van der Waals surface area contributed by atoms with Gasteiger partial charge in [-0.3, -0.25) is 4.57 Å². The van der Waals surface area contributed by atoms with E-state index in [0.29, 0.717) is 17.3 Å². The summed E-state index contributed by atoms with van der Waals surface area (Å²) in [5, 5.41) is 14.2. The van der Waals surface area contributed by atoms with Crippen LogP contribution in [0.1, 0.15) is 38.3 Å². The number of benzene rings is 1. The minimum Gasteiger partial charge on any atom is -0.480 e. The largest absolute Gasteiger partial charge is 0.480 e. The Labute approximate surface area is 131 Å². The maximum absolute atomic E-state index is 12.6. The van der Waals surface area contributed by atoms with Gasteiger partial charge in [-0.1, -0.05) is 18.5 Å². The second-order valence-corrected chi connectivity index (χ2v) is 5.86. The van der Waals surface area contributed by atoms with E-state index in [1.807, 2.05) is 0 Å². The van der Waals surface area contributed by atoms with Crippen LogP contribution < -0.4 is 5.69 Å². The summed E-state index contributed by atoms with van der Waals surface area (Å²) in [6.45, 7) is 1.73. The van der Waals surface area contributed by atoms with Gasteiger partial charge in [-0.2, -0.15) is 4.68 Å². The molecule has 0 aliphatic heterocycles. The van der Waals surface area contributed by atoms with Crippen LogP contribution in [0.2, 0.25) is 5.02 Å². The van der Waals surface area contributed by atoms with Crippen LogP contribution in [0.25, 0.3) is 11.4 Å². The Hall–Kier alpha value is -2.08. The van der Waals surface area contributed by atoms with E-state index in [0.717, 1.165) is 23.1 Å². The molecule has 0 bridgehead atoms. The summed E-state index contributed by atoms with van der Waals surface area (Å²) in [5.41, 5.74) is 0.397. The quantitative estimate of drug-likeness (QED) is 0.918. The molecule has 0 saturated heterocycles. The number of carbonyl (C=O) groups is 1. The maximum atomic E-state index is 12.6. The lowest BCUT2D eigenvalue weighted by molar-refractivity contribution is -0.141. The highest BCUT2D eigenvalue weighted by atomic mass is 35.5. The first kappa shape index (κ1) is 14.8. The SMILES string of the molecule is CCC(C(=O)O)n1nc(-c2ccc(Cl)cc2)n(C2CC2)c1=O. The van der Waals surface area contributed by atoms with Crippen molar-refractivity contribution in [3.8, 4) is 11.4 Å². The van der Waals surface area contributed by atoms with Crippen molar-refractivity contribution < 1.29 is 9.90 Å². The Morgan fingerprint density at radius 1 is 1.41 bits per heavy atom. The first-order valence-corrected chi connectivity index (χ1v) is 7.60. The Morgan fingerprint density at radius 3 is 2.55 bits per heavy atom. The minimum absolute atomic E-state index is 0.109. The van der Waals surface area contributed by atoms with E-state index >= 15 is 0 Å². The van der Waals surface area contributed by atoms with Gasteiger partial charge in [0.2, 0.25) is 0 Å². The fourth-order valence-electron chi connectivity index (χ4n) is 2.51. The van der Waals surface area contributed by atoms with Gasteiger partial charge in [0.25, 0.3) is 0 Å². The van der Waals surface area contributed by atoms with Crippen molar-refractivity contribution in [3.63, 3.8) is 0 Å². The molecule has 1 heterocycles. The predicted octanol–water partition coefficient (Wildman–Crippen LogP) is 2.74. The van der Waals surface area contributed by atoms with Crippen molar-refractivity contribution in [1.82, 2.24) is 14.3 Å². The van der Waals surface area contributed by atoms with Crippen molar-refractivity contribution in [2.45, 2.75) is 38.3 Å². The molecule has 116 valence electrons. The zero-order valence-electron chi connectivity index (χ0n) is 12.1. The van der Waals surface area contributed by atoms with Gasteiger partial charge < -0.3 is 5.11 Å². The molecule has 1 atom stereocenters. The molecule has 1 aromatic carbocycles. The lowest BCUT2D eigenvalue weighted by Crippen LogP contribution is -2.31. The van der Waals surface area contributed by atoms with Crippen LogP contribution in [-0.4, -0.2) is 25.4 Å². The number of aromatic nitrogens is 3. The van der Waals surface area contributed by atoms with E-state index in [2.05, 4.69) is 5.10 Å². The fourth-order valence-corrected chi connectivity index (χ4v) is 2.63. The molecule has 22 heavy (non-hydrogen) atoms. The Kier molecular flexibility index (Phi) is 3.78. The zero-order valence-corrected chi connectivity index (χ0v) is 12.8. The van der Waals surface area contributed by atoms with Crippen molar-refractivity contribution in [2.24, 2.45) is 0 Å². The molecule has 0 amide bonds. The fraction of sp³-hybridized carbons (Fsp3) is 0.400. The predicted molar refractivity (Wildman–Crippen MR) is 82.2 cm³/mol. The summed E-state index contributed by atoms with van der Waals surface area (Å²) < 4.78 is 2.69. The first-order chi connectivity index (χ1) is 10.5. The highest BCUT2D eigenvalue weighted by Gasteiger charge is 2.33. The summed E-state index contributed by atoms with van der Waals surface area (Å²) in [6.07, 6.45) is 2.13. The molecule has 6 nitrogen and oxygen atoms in total. The van der Waals surface area contributed by atoms with Crippen LogP contribution in [0.4, 0.5) is 0 Å². The molecule has 0 radical (unpaired) electrons. The molecule has 0 spiro atoms. The third kappa shape index (κ3) is 2.54. The molecular weight excluding hydrogens is 306 g/mol. The molecule has 3 rings (SSSR count). The van der Waals surface area contributed by atoms with Crippen LogP contribution in [-0.2, 0) is 4.79 Å².